The van der Waals surface area contributed by atoms with Gasteiger partial charge in [-0.1, -0.05) is 35.9 Å². The highest BCUT2D eigenvalue weighted by Gasteiger charge is 2.29. The quantitative estimate of drug-likeness (QED) is 0.805. The van der Waals surface area contributed by atoms with Crippen LogP contribution in [-0.4, -0.2) is 33.7 Å². The third-order valence-electron chi connectivity index (χ3n) is 4.02. The second kappa shape index (κ2) is 8.23. The predicted octanol–water partition coefficient (Wildman–Crippen LogP) is 2.47. The van der Waals surface area contributed by atoms with Crippen molar-refractivity contribution in [3.63, 3.8) is 0 Å². The standard InChI is InChI=1S/C19H24N2O4S/c1-14-9-11-17(12-10-14)21(26(4,23)24)15(2)19(22)20-13-16-7-5-6-8-18(16)25-3/h5-12,15H,13H2,1-4H3,(H,20,22)/t15-/m1/s1. The topological polar surface area (TPSA) is 75.7 Å². The van der Waals surface area contributed by atoms with Gasteiger partial charge >= 0.3 is 0 Å². The molecule has 26 heavy (non-hydrogen) atoms. The molecule has 0 bridgehead atoms. The number of para-hydroxylation sites is 1. The van der Waals surface area contributed by atoms with Gasteiger partial charge in [-0.05, 0) is 32.0 Å². The molecule has 140 valence electrons. The molecule has 1 atom stereocenters. The first-order valence-corrected chi connectivity index (χ1v) is 10.0. The van der Waals surface area contributed by atoms with E-state index in [1.54, 1.807) is 32.2 Å². The fourth-order valence-corrected chi connectivity index (χ4v) is 3.85. The van der Waals surface area contributed by atoms with E-state index in [1.807, 2.05) is 37.3 Å². The van der Waals surface area contributed by atoms with Gasteiger partial charge in [-0.25, -0.2) is 8.42 Å². The van der Waals surface area contributed by atoms with Gasteiger partial charge in [0, 0.05) is 12.1 Å². The predicted molar refractivity (Wildman–Crippen MR) is 103 cm³/mol. The van der Waals surface area contributed by atoms with Crippen LogP contribution in [0.15, 0.2) is 48.5 Å². The van der Waals surface area contributed by atoms with Crippen LogP contribution in [0.25, 0.3) is 0 Å². The minimum Gasteiger partial charge on any atom is -0.496 e. The van der Waals surface area contributed by atoms with Crippen LogP contribution in [0.3, 0.4) is 0 Å². The van der Waals surface area contributed by atoms with E-state index in [0.29, 0.717) is 11.4 Å². The molecule has 0 spiro atoms. The lowest BCUT2D eigenvalue weighted by molar-refractivity contribution is -0.122. The molecule has 0 aliphatic carbocycles. The molecule has 1 amide bonds. The minimum absolute atomic E-state index is 0.249. The van der Waals surface area contributed by atoms with Gasteiger partial charge in [-0.3, -0.25) is 9.10 Å². The number of nitrogens with one attached hydrogen (secondary N) is 1. The number of hydrogen-bond acceptors (Lipinski definition) is 4. The zero-order valence-corrected chi connectivity index (χ0v) is 16.2. The van der Waals surface area contributed by atoms with Gasteiger partial charge in [-0.2, -0.15) is 0 Å². The van der Waals surface area contributed by atoms with Crippen LogP contribution in [0.2, 0.25) is 0 Å². The van der Waals surface area contributed by atoms with Crippen LogP contribution in [0, 0.1) is 6.92 Å². The van der Waals surface area contributed by atoms with Crippen molar-refractivity contribution in [3.8, 4) is 5.75 Å². The Hall–Kier alpha value is -2.54. The normalized spacial score (nSPS) is 12.3. The number of anilines is 1. The van der Waals surface area contributed by atoms with Crippen molar-refractivity contribution in [1.29, 1.82) is 0 Å². The first-order valence-electron chi connectivity index (χ1n) is 8.19. The monoisotopic (exact) mass is 376 g/mol. The summed E-state index contributed by atoms with van der Waals surface area (Å²) in [4.78, 5) is 12.6. The van der Waals surface area contributed by atoms with Gasteiger partial charge in [0.2, 0.25) is 15.9 Å². The van der Waals surface area contributed by atoms with Gasteiger partial charge in [0.15, 0.2) is 0 Å². The Kier molecular flexibility index (Phi) is 6.26. The summed E-state index contributed by atoms with van der Waals surface area (Å²) in [5.41, 5.74) is 2.28. The molecule has 7 heteroatoms. The Balaban J connectivity index is 2.18. The van der Waals surface area contributed by atoms with Crippen molar-refractivity contribution < 1.29 is 17.9 Å². The number of amides is 1. The average Bonchev–Trinajstić information content (AvgIpc) is 2.60. The van der Waals surface area contributed by atoms with Gasteiger partial charge in [-0.15, -0.1) is 0 Å². The smallest absolute Gasteiger partial charge is 0.243 e. The average molecular weight is 376 g/mol. The molecule has 2 aromatic rings. The molecule has 6 nitrogen and oxygen atoms in total. The second-order valence-electron chi connectivity index (χ2n) is 6.10. The molecular weight excluding hydrogens is 352 g/mol. The Bertz CT molecular complexity index is 863. The fourth-order valence-electron chi connectivity index (χ4n) is 2.68. The maximum atomic E-state index is 12.6. The summed E-state index contributed by atoms with van der Waals surface area (Å²) in [6.45, 7) is 3.73. The van der Waals surface area contributed by atoms with Crippen LogP contribution < -0.4 is 14.4 Å². The number of benzene rings is 2. The molecule has 0 fully saturated rings. The number of rotatable bonds is 7. The highest BCUT2D eigenvalue weighted by molar-refractivity contribution is 7.92. The number of carbonyl (C=O) groups excluding carboxylic acids is 1. The summed E-state index contributed by atoms with van der Waals surface area (Å²) in [6.07, 6.45) is 1.09. The molecular formula is C19H24N2O4S. The van der Waals surface area contributed by atoms with Gasteiger partial charge in [0.1, 0.15) is 11.8 Å². The molecule has 0 saturated carbocycles. The SMILES string of the molecule is COc1ccccc1CNC(=O)[C@@H](C)N(c1ccc(C)cc1)S(C)(=O)=O. The van der Waals surface area contributed by atoms with Crippen molar-refractivity contribution in [1.82, 2.24) is 5.32 Å². The number of methoxy groups -OCH3 is 1. The van der Waals surface area contributed by atoms with Gasteiger partial charge < -0.3 is 10.1 Å². The van der Waals surface area contributed by atoms with Crippen molar-refractivity contribution in [2.45, 2.75) is 26.4 Å². The lowest BCUT2D eigenvalue weighted by Crippen LogP contribution is -2.47. The molecule has 0 aliphatic heterocycles. The molecule has 0 heterocycles. The number of ether oxygens (including phenoxy) is 1. The number of sulfonamides is 1. The number of aryl methyl sites for hydroxylation is 1. The van der Waals surface area contributed by atoms with Crippen molar-refractivity contribution in [3.05, 3.63) is 59.7 Å². The van der Waals surface area contributed by atoms with Crippen LogP contribution >= 0.6 is 0 Å². The van der Waals surface area contributed by atoms with Crippen LogP contribution in [0.5, 0.6) is 5.75 Å². The molecule has 0 aliphatic rings. The number of carbonyl (C=O) groups is 1. The van der Waals surface area contributed by atoms with E-state index in [2.05, 4.69) is 5.32 Å². The highest BCUT2D eigenvalue weighted by atomic mass is 32.2. The first kappa shape index (κ1) is 19.8. The highest BCUT2D eigenvalue weighted by Crippen LogP contribution is 2.22. The third kappa shape index (κ3) is 4.76. The van der Waals surface area contributed by atoms with E-state index in [9.17, 15) is 13.2 Å². The number of nitrogens with zero attached hydrogens (tertiary/aromatic N) is 1. The van der Waals surface area contributed by atoms with E-state index >= 15 is 0 Å². The van der Waals surface area contributed by atoms with E-state index < -0.39 is 16.1 Å². The van der Waals surface area contributed by atoms with Gasteiger partial charge in [0.05, 0.1) is 19.1 Å². The van der Waals surface area contributed by atoms with Crippen LogP contribution in [-0.2, 0) is 21.4 Å². The molecule has 0 radical (unpaired) electrons. The summed E-state index contributed by atoms with van der Waals surface area (Å²) in [6, 6.07) is 13.5. The van der Waals surface area contributed by atoms with E-state index in [-0.39, 0.29) is 12.5 Å². The molecule has 1 N–H and O–H groups in total. The lowest BCUT2D eigenvalue weighted by Gasteiger charge is -2.28. The summed E-state index contributed by atoms with van der Waals surface area (Å²) in [5.74, 6) is 0.279. The van der Waals surface area contributed by atoms with Crippen LogP contribution in [0.1, 0.15) is 18.1 Å². The van der Waals surface area contributed by atoms with Crippen LogP contribution in [0.4, 0.5) is 5.69 Å². The maximum Gasteiger partial charge on any atom is 0.243 e. The summed E-state index contributed by atoms with van der Waals surface area (Å²) in [7, 11) is -2.06. The Morgan fingerprint density at radius 3 is 2.35 bits per heavy atom. The fraction of sp³-hybridized carbons (Fsp3) is 0.316. The lowest BCUT2D eigenvalue weighted by atomic mass is 10.2. The third-order valence-corrected chi connectivity index (χ3v) is 5.26. The molecule has 2 rings (SSSR count). The van der Waals surface area contributed by atoms with Crippen molar-refractivity contribution >= 4 is 21.6 Å². The Labute approximate surface area is 154 Å². The van der Waals surface area contributed by atoms with E-state index in [1.165, 1.54) is 0 Å². The molecule has 0 unspecified atom stereocenters. The van der Waals surface area contributed by atoms with Crippen molar-refractivity contribution in [2.75, 3.05) is 17.7 Å². The van der Waals surface area contributed by atoms with Crippen molar-refractivity contribution in [2.24, 2.45) is 0 Å². The molecule has 0 aromatic heterocycles. The molecule has 0 saturated heterocycles. The van der Waals surface area contributed by atoms with E-state index in [0.717, 1.165) is 21.7 Å². The first-order chi connectivity index (χ1) is 12.2. The van der Waals surface area contributed by atoms with Gasteiger partial charge in [0.25, 0.3) is 0 Å². The summed E-state index contributed by atoms with van der Waals surface area (Å²) >= 11 is 0. The largest absolute Gasteiger partial charge is 0.496 e. The van der Waals surface area contributed by atoms with E-state index in [4.69, 9.17) is 4.74 Å². The summed E-state index contributed by atoms with van der Waals surface area (Å²) < 4.78 is 30.9. The minimum atomic E-state index is -3.62. The second-order valence-corrected chi connectivity index (χ2v) is 7.96. The zero-order chi connectivity index (χ0) is 19.3. The molecule has 2 aromatic carbocycles. The Morgan fingerprint density at radius 1 is 1.15 bits per heavy atom. The number of hydrogen-bond donors (Lipinski definition) is 1. The summed E-state index contributed by atoms with van der Waals surface area (Å²) in [5, 5.41) is 2.78. The maximum absolute atomic E-state index is 12.6. The Morgan fingerprint density at radius 2 is 1.77 bits per heavy atom. The zero-order valence-electron chi connectivity index (χ0n) is 15.4.